The Morgan fingerprint density at radius 2 is 1.59 bits per heavy atom. The number of carbonyl (C=O) groups is 2. The number of carbonyl (C=O) groups excluding carboxylic acids is 1. The minimum Gasteiger partial charge on any atom is -0.481 e. The second-order valence-electron chi connectivity index (χ2n) is 18.5. The zero-order valence-electron chi connectivity index (χ0n) is 32.8. The number of hydrogen-bond acceptors (Lipinski definition) is 12. The Morgan fingerprint density at radius 3 is 2.24 bits per heavy atom. The number of Topliss-reactive ketones (excluding diaryl/α,β-unsaturated/α-hetero) is 1. The Kier molecular flexibility index (Phi) is 11.8. The van der Waals surface area contributed by atoms with Crippen LogP contribution in [0, 0.1) is 39.4 Å². The molecule has 2 heterocycles. The van der Waals surface area contributed by atoms with Crippen molar-refractivity contribution in [2.75, 3.05) is 13.2 Å². The lowest BCUT2D eigenvalue weighted by Crippen LogP contribution is -2.64. The summed E-state index contributed by atoms with van der Waals surface area (Å²) in [6.07, 6.45) is -6.57. The van der Waals surface area contributed by atoms with Crippen LogP contribution >= 0.6 is 0 Å². The van der Waals surface area contributed by atoms with Gasteiger partial charge < -0.3 is 54.7 Å². The summed E-state index contributed by atoms with van der Waals surface area (Å²) in [6.45, 7) is 15.7. The zero-order valence-corrected chi connectivity index (χ0v) is 32.8. The van der Waals surface area contributed by atoms with E-state index in [0.29, 0.717) is 31.3 Å². The summed E-state index contributed by atoms with van der Waals surface area (Å²) < 4.78 is 24.1. The summed E-state index contributed by atoms with van der Waals surface area (Å²) >= 11 is 0. The van der Waals surface area contributed by atoms with Gasteiger partial charge in [-0.25, -0.2) is 0 Å². The van der Waals surface area contributed by atoms with Gasteiger partial charge in [-0.05, 0) is 104 Å². The zero-order chi connectivity index (χ0) is 39.7. The largest absolute Gasteiger partial charge is 0.481 e. The first-order valence-electron chi connectivity index (χ1n) is 20.0. The Balaban J connectivity index is 1.23. The molecule has 0 amide bonds. The number of rotatable bonds is 11. The fourth-order valence-electron chi connectivity index (χ4n) is 12.3. The van der Waals surface area contributed by atoms with E-state index in [1.807, 2.05) is 0 Å². The lowest BCUT2D eigenvalue weighted by Gasteiger charge is -2.62. The third kappa shape index (κ3) is 6.56. The molecule has 6 aliphatic rings. The first-order chi connectivity index (χ1) is 25.3. The highest BCUT2D eigenvalue weighted by Crippen LogP contribution is 2.73. The van der Waals surface area contributed by atoms with Crippen LogP contribution in [0.2, 0.25) is 0 Å². The van der Waals surface area contributed by atoms with Crippen molar-refractivity contribution in [3.8, 4) is 0 Å². The first kappa shape index (κ1) is 41.8. The SMILES string of the molecule is C=C(C)C(=O)CC[C@@H](C)[C@H]1CC[C@@]2(C(=O)O)C3=C(CC[C@]12C)[C@@]1(C)CC[C@H](O[C@@H]2OC[C@H](O)[C@H](O)[C@H]2O[C@@H]2O[C@H](CO)[C@H](O)[C@H](O)[C@H]2O)C(C)(C)[C@H]1CC3. The molecule has 16 atom stereocenters. The van der Waals surface area contributed by atoms with E-state index >= 15 is 0 Å². The number of fused-ring (bicyclic) bond motifs is 4. The van der Waals surface area contributed by atoms with Gasteiger partial charge in [-0.1, -0.05) is 52.3 Å². The number of aliphatic carboxylic acids is 1. The normalized spacial score (nSPS) is 46.6. The minimum atomic E-state index is -1.72. The summed E-state index contributed by atoms with van der Waals surface area (Å²) in [5.74, 6) is -0.142. The summed E-state index contributed by atoms with van der Waals surface area (Å²) in [5, 5.41) is 73.7. The number of carboxylic acid groups (broad SMARTS) is 1. The minimum absolute atomic E-state index is 0.0669. The van der Waals surface area contributed by atoms with E-state index in [0.717, 1.165) is 44.1 Å². The number of aliphatic hydroxyl groups excluding tert-OH is 6. The van der Waals surface area contributed by atoms with Crippen LogP contribution in [0.1, 0.15) is 106 Å². The van der Waals surface area contributed by atoms with E-state index in [4.69, 9.17) is 18.9 Å². The number of ketones is 1. The molecule has 13 heteroatoms. The van der Waals surface area contributed by atoms with E-state index in [9.17, 15) is 45.3 Å². The van der Waals surface area contributed by atoms with Gasteiger partial charge in [0.05, 0.1) is 24.7 Å². The topological polar surface area (TPSA) is 213 Å². The van der Waals surface area contributed by atoms with Gasteiger partial charge in [0, 0.05) is 6.42 Å². The fraction of sp³-hybridized carbons (Fsp3) is 0.854. The quantitative estimate of drug-likeness (QED) is 0.119. The molecular formula is C41H64O13. The second-order valence-corrected chi connectivity index (χ2v) is 18.5. The Bertz CT molecular complexity index is 1480. The van der Waals surface area contributed by atoms with Crippen molar-refractivity contribution in [3.63, 3.8) is 0 Å². The molecule has 2 saturated heterocycles. The highest BCUT2D eigenvalue weighted by atomic mass is 16.8. The lowest BCUT2D eigenvalue weighted by molar-refractivity contribution is -0.365. The van der Waals surface area contributed by atoms with Crippen molar-refractivity contribution < 1.29 is 64.3 Å². The summed E-state index contributed by atoms with van der Waals surface area (Å²) in [6, 6.07) is 0. The molecule has 4 aliphatic carbocycles. The van der Waals surface area contributed by atoms with Gasteiger partial charge in [0.15, 0.2) is 18.4 Å². The van der Waals surface area contributed by atoms with Crippen LogP contribution in [0.4, 0.5) is 0 Å². The molecule has 0 aromatic carbocycles. The number of aliphatic hydroxyl groups is 6. The molecule has 2 aliphatic heterocycles. The molecule has 0 spiro atoms. The van der Waals surface area contributed by atoms with Crippen molar-refractivity contribution in [3.05, 3.63) is 23.3 Å². The second kappa shape index (κ2) is 15.2. The van der Waals surface area contributed by atoms with Crippen LogP contribution in [0.5, 0.6) is 0 Å². The van der Waals surface area contributed by atoms with Crippen LogP contribution in [-0.4, -0.2) is 122 Å². The fourth-order valence-corrected chi connectivity index (χ4v) is 12.3. The summed E-state index contributed by atoms with van der Waals surface area (Å²) in [5.41, 5.74) is 0.868. The Labute approximate surface area is 318 Å². The van der Waals surface area contributed by atoms with E-state index in [-0.39, 0.29) is 41.7 Å². The van der Waals surface area contributed by atoms with Crippen molar-refractivity contribution in [2.24, 2.45) is 39.4 Å². The standard InChI is InChI=1S/C41H64O13/c1-20(2)25(43)10-8-21(3)22-13-17-41(37(49)50)24-9-11-28-38(4,5)29(14-15-39(28,6)23(24)12-16-40(22,41)7)53-36-34(30(45)26(44)19-51-36)54-35-33(48)32(47)31(46)27(18-42)52-35/h21-22,26-36,42,44-48H,1,8-19H2,2-7H3,(H,49,50)/t21-,22-,26+,27-,28-,29+,30+,31+,32+,33-,34-,35+,36+,39-,40-,41+/m1/s1. The predicted octanol–water partition coefficient (Wildman–Crippen LogP) is 3.01. The van der Waals surface area contributed by atoms with Gasteiger partial charge in [-0.2, -0.15) is 0 Å². The maximum atomic E-state index is 13.7. The monoisotopic (exact) mass is 764 g/mol. The predicted molar refractivity (Wildman–Crippen MR) is 194 cm³/mol. The molecule has 7 N–H and O–H groups in total. The molecule has 4 fully saturated rings. The Morgan fingerprint density at radius 1 is 0.889 bits per heavy atom. The number of hydrogen-bond donors (Lipinski definition) is 7. The highest BCUT2D eigenvalue weighted by molar-refractivity contribution is 5.94. The first-order valence-corrected chi connectivity index (χ1v) is 20.0. The highest BCUT2D eigenvalue weighted by Gasteiger charge is 2.68. The molecule has 306 valence electrons. The van der Waals surface area contributed by atoms with Crippen LogP contribution in [-0.2, 0) is 28.5 Å². The third-order valence-electron chi connectivity index (χ3n) is 15.4. The van der Waals surface area contributed by atoms with E-state index in [1.165, 1.54) is 5.57 Å². The molecule has 6 rings (SSSR count). The maximum Gasteiger partial charge on any atom is 0.314 e. The third-order valence-corrected chi connectivity index (χ3v) is 15.4. The van der Waals surface area contributed by atoms with Gasteiger partial charge in [0.2, 0.25) is 0 Å². The average molecular weight is 765 g/mol. The van der Waals surface area contributed by atoms with Crippen molar-refractivity contribution in [2.45, 2.75) is 167 Å². The smallest absolute Gasteiger partial charge is 0.314 e. The summed E-state index contributed by atoms with van der Waals surface area (Å²) in [7, 11) is 0. The van der Waals surface area contributed by atoms with Crippen LogP contribution in [0.15, 0.2) is 23.3 Å². The molecular weight excluding hydrogens is 700 g/mol. The van der Waals surface area contributed by atoms with Crippen LogP contribution < -0.4 is 0 Å². The number of carboxylic acids is 1. The van der Waals surface area contributed by atoms with E-state index < -0.39 is 84.1 Å². The van der Waals surface area contributed by atoms with E-state index in [2.05, 4.69) is 41.2 Å². The van der Waals surface area contributed by atoms with Crippen molar-refractivity contribution in [1.29, 1.82) is 0 Å². The molecule has 0 bridgehead atoms. The molecule has 54 heavy (non-hydrogen) atoms. The molecule has 0 aromatic heterocycles. The van der Waals surface area contributed by atoms with Gasteiger partial charge in [0.1, 0.15) is 42.7 Å². The van der Waals surface area contributed by atoms with Gasteiger partial charge in [-0.15, -0.1) is 0 Å². The maximum absolute atomic E-state index is 13.7. The van der Waals surface area contributed by atoms with E-state index in [1.54, 1.807) is 6.92 Å². The molecule has 2 saturated carbocycles. The molecule has 0 aromatic rings. The van der Waals surface area contributed by atoms with Crippen LogP contribution in [0.25, 0.3) is 0 Å². The molecule has 0 radical (unpaired) electrons. The van der Waals surface area contributed by atoms with Crippen LogP contribution in [0.3, 0.4) is 0 Å². The van der Waals surface area contributed by atoms with Gasteiger partial charge in [-0.3, -0.25) is 9.59 Å². The van der Waals surface area contributed by atoms with Crippen molar-refractivity contribution >= 4 is 11.8 Å². The molecule has 0 unspecified atom stereocenters. The number of ether oxygens (including phenoxy) is 4. The average Bonchev–Trinajstić information content (AvgIpc) is 3.45. The molecule has 13 nitrogen and oxygen atoms in total. The van der Waals surface area contributed by atoms with Gasteiger partial charge in [0.25, 0.3) is 0 Å². The lowest BCUT2D eigenvalue weighted by atomic mass is 9.43. The Hall–Kier alpha value is -1.78. The number of allylic oxidation sites excluding steroid dienone is 2. The van der Waals surface area contributed by atoms with Gasteiger partial charge >= 0.3 is 5.97 Å². The van der Waals surface area contributed by atoms with Crippen molar-refractivity contribution in [1.82, 2.24) is 0 Å². The summed E-state index contributed by atoms with van der Waals surface area (Å²) in [4.78, 5) is 26.1.